The molecule has 22 heavy (non-hydrogen) atoms. The van der Waals surface area contributed by atoms with Crippen molar-refractivity contribution >= 4 is 28.4 Å². The summed E-state index contributed by atoms with van der Waals surface area (Å²) in [7, 11) is 0. The number of fused-ring (bicyclic) bond motifs is 1. The third-order valence-corrected chi connectivity index (χ3v) is 3.83. The summed E-state index contributed by atoms with van der Waals surface area (Å²) in [4.78, 5) is 15.3. The van der Waals surface area contributed by atoms with E-state index in [1.54, 1.807) is 24.3 Å². The molecule has 1 heterocycles. The van der Waals surface area contributed by atoms with Crippen molar-refractivity contribution in [1.82, 2.24) is 10.3 Å². The third kappa shape index (κ3) is 2.98. The van der Waals surface area contributed by atoms with Crippen LogP contribution in [-0.4, -0.2) is 16.0 Å². The Morgan fingerprint density at radius 3 is 2.68 bits per heavy atom. The smallest absolute Gasteiger partial charge is 0.253 e. The Hall–Kier alpha value is -2.30. The number of hydrogen-bond donors (Lipinski definition) is 3. The van der Waals surface area contributed by atoms with Crippen LogP contribution in [0, 0.1) is 0 Å². The van der Waals surface area contributed by atoms with Crippen LogP contribution in [0.1, 0.15) is 17.4 Å². The van der Waals surface area contributed by atoms with E-state index < -0.39 is 12.0 Å². The van der Waals surface area contributed by atoms with Crippen LogP contribution in [-0.2, 0) is 11.3 Å². The topological polar surface area (TPSA) is 65.1 Å². The number of nitrogens with one attached hydrogen (secondary N) is 2. The van der Waals surface area contributed by atoms with Crippen LogP contribution in [0.3, 0.4) is 0 Å². The maximum atomic E-state index is 12.1. The zero-order valence-corrected chi connectivity index (χ0v) is 12.5. The Morgan fingerprint density at radius 2 is 1.91 bits per heavy atom. The highest BCUT2D eigenvalue weighted by Crippen LogP contribution is 2.22. The van der Waals surface area contributed by atoms with E-state index in [2.05, 4.69) is 10.3 Å². The highest BCUT2D eigenvalue weighted by molar-refractivity contribution is 6.31. The standard InChI is InChI=1S/C17H15ClN2O2/c18-14-7-3-2-6-13(14)16(21)17(22)19-10-12-9-11-5-1-4-8-15(11)20-12/h1-9,16,20-21H,10H2,(H,19,22)/t16-/m1/s1. The van der Waals surface area contributed by atoms with E-state index >= 15 is 0 Å². The number of amides is 1. The van der Waals surface area contributed by atoms with Gasteiger partial charge in [-0.25, -0.2) is 0 Å². The molecule has 0 saturated carbocycles. The highest BCUT2D eigenvalue weighted by atomic mass is 35.5. The lowest BCUT2D eigenvalue weighted by molar-refractivity contribution is -0.129. The lowest BCUT2D eigenvalue weighted by atomic mass is 10.1. The molecule has 0 bridgehead atoms. The van der Waals surface area contributed by atoms with Crippen LogP contribution >= 0.6 is 11.6 Å². The van der Waals surface area contributed by atoms with E-state index in [0.717, 1.165) is 16.6 Å². The SMILES string of the molecule is O=C(NCc1cc2ccccc2[nH]1)[C@H](O)c1ccccc1Cl. The Morgan fingerprint density at radius 1 is 1.18 bits per heavy atom. The van der Waals surface area contributed by atoms with Crippen LogP contribution < -0.4 is 5.32 Å². The number of carbonyl (C=O) groups is 1. The summed E-state index contributed by atoms with van der Waals surface area (Å²) in [5, 5.41) is 14.2. The number of para-hydroxylation sites is 1. The molecule has 3 aromatic rings. The summed E-state index contributed by atoms with van der Waals surface area (Å²) >= 11 is 5.99. The minimum atomic E-state index is -1.28. The molecule has 4 nitrogen and oxygen atoms in total. The van der Waals surface area contributed by atoms with Gasteiger partial charge in [0.2, 0.25) is 0 Å². The Labute approximate surface area is 132 Å². The number of benzene rings is 2. The molecule has 1 amide bonds. The third-order valence-electron chi connectivity index (χ3n) is 3.49. The zero-order valence-electron chi connectivity index (χ0n) is 11.7. The van der Waals surface area contributed by atoms with Gasteiger partial charge in [-0.15, -0.1) is 0 Å². The van der Waals surface area contributed by atoms with Crippen molar-refractivity contribution in [2.45, 2.75) is 12.6 Å². The quantitative estimate of drug-likeness (QED) is 0.692. The van der Waals surface area contributed by atoms with Gasteiger partial charge in [-0.05, 0) is 23.6 Å². The number of hydrogen-bond acceptors (Lipinski definition) is 2. The Bertz CT molecular complexity index is 780. The van der Waals surface area contributed by atoms with Gasteiger partial charge >= 0.3 is 0 Å². The highest BCUT2D eigenvalue weighted by Gasteiger charge is 2.19. The van der Waals surface area contributed by atoms with Gasteiger partial charge in [0.05, 0.1) is 6.54 Å². The predicted octanol–water partition coefficient (Wildman–Crippen LogP) is 3.17. The fourth-order valence-corrected chi connectivity index (χ4v) is 2.58. The van der Waals surface area contributed by atoms with Crippen LogP contribution in [0.15, 0.2) is 54.6 Å². The van der Waals surface area contributed by atoms with Gasteiger partial charge in [-0.2, -0.15) is 0 Å². The van der Waals surface area contributed by atoms with Gasteiger partial charge in [0.15, 0.2) is 6.10 Å². The number of aliphatic hydroxyl groups is 1. The zero-order chi connectivity index (χ0) is 15.5. The summed E-state index contributed by atoms with van der Waals surface area (Å²) in [6.07, 6.45) is -1.28. The number of carbonyl (C=O) groups excluding carboxylic acids is 1. The molecule has 0 spiro atoms. The maximum Gasteiger partial charge on any atom is 0.253 e. The van der Waals surface area contributed by atoms with Crippen molar-refractivity contribution < 1.29 is 9.90 Å². The first-order valence-corrected chi connectivity index (χ1v) is 7.30. The van der Waals surface area contributed by atoms with Gasteiger partial charge in [-0.1, -0.05) is 48.0 Å². The predicted molar refractivity (Wildman–Crippen MR) is 86.6 cm³/mol. The molecule has 5 heteroatoms. The largest absolute Gasteiger partial charge is 0.378 e. The lowest BCUT2D eigenvalue weighted by Gasteiger charge is -2.12. The first-order valence-electron chi connectivity index (χ1n) is 6.92. The van der Waals surface area contributed by atoms with Crippen molar-refractivity contribution in [2.75, 3.05) is 0 Å². The van der Waals surface area contributed by atoms with E-state index in [1.807, 2.05) is 30.3 Å². The second-order valence-electron chi connectivity index (χ2n) is 5.02. The summed E-state index contributed by atoms with van der Waals surface area (Å²) in [5.41, 5.74) is 2.29. The molecule has 112 valence electrons. The minimum absolute atomic E-state index is 0.315. The fraction of sp³-hybridized carbons (Fsp3) is 0.118. The molecule has 0 unspecified atom stereocenters. The molecule has 0 radical (unpaired) electrons. The molecule has 2 aromatic carbocycles. The Kier molecular flexibility index (Phi) is 4.13. The van der Waals surface area contributed by atoms with E-state index in [1.165, 1.54) is 0 Å². The number of aromatic amines is 1. The number of H-pyrrole nitrogens is 1. The second-order valence-corrected chi connectivity index (χ2v) is 5.43. The summed E-state index contributed by atoms with van der Waals surface area (Å²) < 4.78 is 0. The van der Waals surface area contributed by atoms with Gasteiger partial charge in [0.25, 0.3) is 5.91 Å². The van der Waals surface area contributed by atoms with Crippen molar-refractivity contribution in [3.05, 3.63) is 70.9 Å². The van der Waals surface area contributed by atoms with Crippen molar-refractivity contribution in [1.29, 1.82) is 0 Å². The molecule has 1 aromatic heterocycles. The van der Waals surface area contributed by atoms with Gasteiger partial charge in [0, 0.05) is 21.8 Å². The molecule has 0 aliphatic carbocycles. The average molecular weight is 315 g/mol. The van der Waals surface area contributed by atoms with Crippen molar-refractivity contribution in [3.8, 4) is 0 Å². The van der Waals surface area contributed by atoms with E-state index in [9.17, 15) is 9.90 Å². The fourth-order valence-electron chi connectivity index (χ4n) is 2.35. The number of rotatable bonds is 4. The van der Waals surface area contributed by atoms with Gasteiger partial charge in [0.1, 0.15) is 0 Å². The first kappa shape index (κ1) is 14.6. The number of aliphatic hydroxyl groups excluding tert-OH is 1. The van der Waals surface area contributed by atoms with Crippen LogP contribution in [0.5, 0.6) is 0 Å². The molecule has 0 aliphatic heterocycles. The van der Waals surface area contributed by atoms with Crippen molar-refractivity contribution in [3.63, 3.8) is 0 Å². The van der Waals surface area contributed by atoms with Crippen molar-refractivity contribution in [2.24, 2.45) is 0 Å². The van der Waals surface area contributed by atoms with E-state index in [0.29, 0.717) is 17.1 Å². The maximum absolute atomic E-state index is 12.1. The van der Waals surface area contributed by atoms with Crippen LogP contribution in [0.25, 0.3) is 10.9 Å². The summed E-state index contributed by atoms with van der Waals surface area (Å²) in [5.74, 6) is -0.480. The summed E-state index contributed by atoms with van der Waals surface area (Å²) in [6, 6.07) is 16.6. The normalized spacial score (nSPS) is 12.3. The second kappa shape index (κ2) is 6.22. The minimum Gasteiger partial charge on any atom is -0.378 e. The summed E-state index contributed by atoms with van der Waals surface area (Å²) in [6.45, 7) is 0.315. The van der Waals surface area contributed by atoms with Crippen LogP contribution in [0.4, 0.5) is 0 Å². The van der Waals surface area contributed by atoms with Crippen LogP contribution in [0.2, 0.25) is 5.02 Å². The van der Waals surface area contributed by atoms with E-state index in [4.69, 9.17) is 11.6 Å². The average Bonchev–Trinajstić information content (AvgIpc) is 2.95. The molecular weight excluding hydrogens is 300 g/mol. The monoisotopic (exact) mass is 314 g/mol. The Balaban J connectivity index is 1.68. The number of halogens is 1. The molecule has 3 rings (SSSR count). The van der Waals surface area contributed by atoms with Gasteiger partial charge < -0.3 is 15.4 Å². The van der Waals surface area contributed by atoms with Gasteiger partial charge in [-0.3, -0.25) is 4.79 Å². The molecule has 0 saturated heterocycles. The molecule has 1 atom stereocenters. The molecule has 0 fully saturated rings. The molecule has 3 N–H and O–H groups in total. The lowest BCUT2D eigenvalue weighted by Crippen LogP contribution is -2.29. The molecule has 0 aliphatic rings. The number of aromatic nitrogens is 1. The van der Waals surface area contributed by atoms with E-state index in [-0.39, 0.29) is 0 Å². The molecular formula is C17H15ClN2O2. The first-order chi connectivity index (χ1) is 10.6.